The molecule has 356 valence electrons. The lowest BCUT2D eigenvalue weighted by Crippen LogP contribution is -2.61. The minimum absolute atomic E-state index is 0.0460. The highest BCUT2D eigenvalue weighted by Gasteiger charge is 2.51. The van der Waals surface area contributed by atoms with Crippen LogP contribution >= 0.6 is 0 Å². The number of aliphatic hydroxyl groups excluding tert-OH is 7. The van der Waals surface area contributed by atoms with Gasteiger partial charge in [0.15, 0.2) is 12.1 Å². The molecular weight excluding hydrogens is 819 g/mol. The van der Waals surface area contributed by atoms with Crippen LogP contribution in [0, 0.1) is 17.8 Å². The Morgan fingerprint density at radius 2 is 1.29 bits per heavy atom. The van der Waals surface area contributed by atoms with E-state index in [-0.39, 0.29) is 56.5 Å². The molecule has 0 saturated carbocycles. The Labute approximate surface area is 371 Å². The summed E-state index contributed by atoms with van der Waals surface area (Å²) >= 11 is 0. The summed E-state index contributed by atoms with van der Waals surface area (Å²) in [5, 5.41) is 96.5. The standard InChI is InChI=1S/C47H73NO15/c1-29-19-16-14-12-10-8-6-5-7-9-11-13-15-17-22-37(62-46-44(56)42(48)43(55)32(4)61-46)26-39-41(45(57)58)38(53)28-47(59,63-39)27-36(52)24-34(50)21-18-20-33(49)23-35(51)25-40(54)60-31(3)30(29)2/h5-17,22,29-39,41-44,46,49-53,55-56,59H,18-21,23-28,48H2,1-4H3,(H,57,58)/b7-5+,8-6+,11-9+,12-10+,15-13+,16-14+,22-17+/t29-,30-,31+,32?,33-,34+,35-,36+,37+,38+,39+,41?,42?,43?,44?,46?,47-/m1/s1. The molecule has 0 aliphatic carbocycles. The van der Waals surface area contributed by atoms with Crippen LogP contribution in [0.5, 0.6) is 0 Å². The lowest BCUT2D eigenvalue weighted by molar-refractivity contribution is -0.308. The summed E-state index contributed by atoms with van der Waals surface area (Å²) < 4.78 is 23.4. The van der Waals surface area contributed by atoms with Crippen molar-refractivity contribution in [3.05, 3.63) is 85.1 Å². The molecule has 6 unspecified atom stereocenters. The van der Waals surface area contributed by atoms with Gasteiger partial charge in [-0.2, -0.15) is 0 Å². The molecule has 2 bridgehead atoms. The number of carboxylic acids is 1. The lowest BCUT2D eigenvalue weighted by atomic mass is 9.82. The molecule has 16 nitrogen and oxygen atoms in total. The molecule has 3 aliphatic heterocycles. The average molecular weight is 892 g/mol. The molecule has 2 fully saturated rings. The van der Waals surface area contributed by atoms with Gasteiger partial charge in [0.05, 0.1) is 67.4 Å². The van der Waals surface area contributed by atoms with E-state index in [0.29, 0.717) is 6.42 Å². The number of carbonyl (C=O) groups excluding carboxylic acids is 1. The first-order valence-electron chi connectivity index (χ1n) is 22.1. The molecule has 0 spiro atoms. The number of rotatable bonds is 3. The van der Waals surface area contributed by atoms with Crippen LogP contribution in [-0.2, 0) is 28.5 Å². The minimum Gasteiger partial charge on any atom is -0.481 e. The van der Waals surface area contributed by atoms with E-state index >= 15 is 0 Å². The predicted octanol–water partition coefficient (Wildman–Crippen LogP) is 2.77. The van der Waals surface area contributed by atoms with Crippen molar-refractivity contribution in [2.45, 2.75) is 177 Å². The van der Waals surface area contributed by atoms with Crippen molar-refractivity contribution in [2.75, 3.05) is 0 Å². The number of allylic oxidation sites excluding steroid dienone is 13. The first-order valence-corrected chi connectivity index (χ1v) is 22.1. The van der Waals surface area contributed by atoms with Crippen molar-refractivity contribution in [1.82, 2.24) is 0 Å². The number of fused-ring (bicyclic) bond motifs is 2. The topological polar surface area (TPSA) is 279 Å². The van der Waals surface area contributed by atoms with E-state index in [9.17, 15) is 55.5 Å². The number of hydrogen-bond donors (Lipinski definition) is 10. The Morgan fingerprint density at radius 1 is 0.730 bits per heavy atom. The highest BCUT2D eigenvalue weighted by atomic mass is 16.7. The molecule has 0 aromatic rings. The number of ether oxygens (including phenoxy) is 4. The molecule has 3 rings (SSSR count). The van der Waals surface area contributed by atoms with Crippen LogP contribution in [0.3, 0.4) is 0 Å². The molecule has 16 heteroatoms. The first kappa shape index (κ1) is 54.0. The van der Waals surface area contributed by atoms with Crippen molar-refractivity contribution < 1.29 is 74.5 Å². The predicted molar refractivity (Wildman–Crippen MR) is 234 cm³/mol. The van der Waals surface area contributed by atoms with Gasteiger partial charge >= 0.3 is 11.9 Å². The monoisotopic (exact) mass is 891 g/mol. The number of nitrogens with two attached hydrogens (primary N) is 1. The number of aliphatic hydroxyl groups is 8. The highest BCUT2D eigenvalue weighted by Crippen LogP contribution is 2.38. The SMILES string of the molecule is CC1OC(O[C@H]2/C=C/C=C/C=C/C=C/C=C/C=C/C=C/C[C@@H](C)[C@@H](C)[C@H](C)OC(=O)C[C@H](O)C[C@H](O)CCC[C@H](O)C[C@H](O)C[C@]3(O)C[C@H](O)C(C(=O)O)[C@H](C2)O3)C(O)C(N)C1O. The van der Waals surface area contributed by atoms with Crippen LogP contribution in [0.1, 0.15) is 91.9 Å². The van der Waals surface area contributed by atoms with Gasteiger partial charge in [0, 0.05) is 19.3 Å². The zero-order chi connectivity index (χ0) is 46.7. The van der Waals surface area contributed by atoms with Crippen molar-refractivity contribution in [3.63, 3.8) is 0 Å². The second kappa shape index (κ2) is 27.2. The summed E-state index contributed by atoms with van der Waals surface area (Å²) in [7, 11) is 0. The molecule has 0 radical (unpaired) electrons. The zero-order valence-corrected chi connectivity index (χ0v) is 36.9. The smallest absolute Gasteiger partial charge is 0.311 e. The number of carboxylic acid groups (broad SMARTS) is 1. The van der Waals surface area contributed by atoms with E-state index in [1.807, 2.05) is 62.5 Å². The molecule has 17 atom stereocenters. The molecule has 3 aliphatic rings. The van der Waals surface area contributed by atoms with Crippen molar-refractivity contribution >= 4 is 11.9 Å². The van der Waals surface area contributed by atoms with Gasteiger partial charge < -0.3 is 70.6 Å². The number of esters is 1. The fraction of sp³-hybridized carbons (Fsp3) is 0.660. The van der Waals surface area contributed by atoms with Crippen molar-refractivity contribution in [3.8, 4) is 0 Å². The van der Waals surface area contributed by atoms with Gasteiger partial charge in [-0.3, -0.25) is 9.59 Å². The number of aliphatic carboxylic acids is 1. The fourth-order valence-corrected chi connectivity index (χ4v) is 7.94. The maximum atomic E-state index is 12.6. The largest absolute Gasteiger partial charge is 0.481 e. The van der Waals surface area contributed by atoms with Gasteiger partial charge in [-0.15, -0.1) is 0 Å². The molecule has 3 heterocycles. The van der Waals surface area contributed by atoms with Gasteiger partial charge in [0.1, 0.15) is 18.1 Å². The van der Waals surface area contributed by atoms with E-state index < -0.39 is 110 Å². The third kappa shape index (κ3) is 18.9. The van der Waals surface area contributed by atoms with Crippen molar-refractivity contribution in [2.24, 2.45) is 23.5 Å². The Hall–Kier alpha value is -3.36. The second-order valence-corrected chi connectivity index (χ2v) is 17.3. The Bertz CT molecular complexity index is 1600. The summed E-state index contributed by atoms with van der Waals surface area (Å²) in [5.41, 5.74) is 6.03. The highest BCUT2D eigenvalue weighted by molar-refractivity contribution is 5.71. The third-order valence-corrected chi connectivity index (χ3v) is 11.9. The molecule has 63 heavy (non-hydrogen) atoms. The maximum Gasteiger partial charge on any atom is 0.311 e. The van der Waals surface area contributed by atoms with E-state index in [1.54, 1.807) is 43.4 Å². The number of cyclic esters (lactones) is 1. The summed E-state index contributed by atoms with van der Waals surface area (Å²) in [6.45, 7) is 7.45. The average Bonchev–Trinajstić information content (AvgIpc) is 3.18. The van der Waals surface area contributed by atoms with E-state index in [0.717, 1.165) is 6.42 Å². The maximum absolute atomic E-state index is 12.6. The second-order valence-electron chi connectivity index (χ2n) is 17.3. The summed E-state index contributed by atoms with van der Waals surface area (Å²) in [6, 6.07) is -1.12. The third-order valence-electron chi connectivity index (χ3n) is 11.9. The zero-order valence-electron chi connectivity index (χ0n) is 36.9. The van der Waals surface area contributed by atoms with Crippen LogP contribution in [0.2, 0.25) is 0 Å². The number of carbonyl (C=O) groups is 2. The summed E-state index contributed by atoms with van der Waals surface area (Å²) in [5.74, 6) is -5.47. The van der Waals surface area contributed by atoms with Gasteiger partial charge in [-0.1, -0.05) is 98.9 Å². The fourth-order valence-electron chi connectivity index (χ4n) is 7.94. The van der Waals surface area contributed by atoms with E-state index in [1.165, 1.54) is 0 Å². The quantitative estimate of drug-likeness (QED) is 0.182. The van der Waals surface area contributed by atoms with Gasteiger partial charge in [0.2, 0.25) is 0 Å². The van der Waals surface area contributed by atoms with Crippen LogP contribution in [0.4, 0.5) is 0 Å². The first-order chi connectivity index (χ1) is 29.8. The van der Waals surface area contributed by atoms with Crippen LogP contribution in [0.15, 0.2) is 85.1 Å². The Kier molecular flexibility index (Phi) is 23.3. The lowest BCUT2D eigenvalue weighted by Gasteiger charge is -2.45. The van der Waals surface area contributed by atoms with Crippen molar-refractivity contribution in [1.29, 1.82) is 0 Å². The van der Waals surface area contributed by atoms with Crippen LogP contribution in [0.25, 0.3) is 0 Å². The Balaban J connectivity index is 1.82. The normalized spacial score (nSPS) is 44.2. The Morgan fingerprint density at radius 3 is 1.87 bits per heavy atom. The van der Waals surface area contributed by atoms with Crippen LogP contribution in [-0.4, -0.2) is 143 Å². The van der Waals surface area contributed by atoms with Crippen LogP contribution < -0.4 is 5.73 Å². The molecule has 2 saturated heterocycles. The van der Waals surface area contributed by atoms with Gasteiger partial charge in [-0.25, -0.2) is 0 Å². The summed E-state index contributed by atoms with van der Waals surface area (Å²) in [6.07, 6.45) is 11.1. The number of hydrogen-bond acceptors (Lipinski definition) is 15. The van der Waals surface area contributed by atoms with Gasteiger partial charge in [0.25, 0.3) is 0 Å². The molecule has 11 N–H and O–H groups in total. The minimum atomic E-state index is -2.22. The summed E-state index contributed by atoms with van der Waals surface area (Å²) in [4.78, 5) is 25.1. The molecule has 0 aromatic carbocycles. The van der Waals surface area contributed by atoms with E-state index in [2.05, 4.69) is 6.92 Å². The molecule has 0 amide bonds. The molecule has 0 aromatic heterocycles. The van der Waals surface area contributed by atoms with E-state index in [4.69, 9.17) is 24.7 Å². The molecular formula is C47H73NO15. The van der Waals surface area contributed by atoms with Gasteiger partial charge in [-0.05, 0) is 64.2 Å².